The van der Waals surface area contributed by atoms with E-state index in [1.165, 1.54) is 31.4 Å². The normalized spacial score (nSPS) is 14.6. The van der Waals surface area contributed by atoms with Crippen LogP contribution in [0.1, 0.15) is 15.9 Å². The second-order valence-electron chi connectivity index (χ2n) is 6.78. The van der Waals surface area contributed by atoms with Crippen LogP contribution in [0.25, 0.3) is 0 Å². The highest BCUT2D eigenvalue weighted by molar-refractivity contribution is 7.91. The van der Waals surface area contributed by atoms with E-state index in [2.05, 4.69) is 10.2 Å². The number of hydrogen-bond acceptors (Lipinski definition) is 6. The highest BCUT2D eigenvalue weighted by Gasteiger charge is 2.15. The largest absolute Gasteiger partial charge is 0.384 e. The number of sulfone groups is 1. The van der Waals surface area contributed by atoms with Crippen molar-refractivity contribution in [1.82, 2.24) is 5.32 Å². The molecule has 0 spiro atoms. The molecular weight excluding hydrogens is 392 g/mol. The number of anilines is 1. The van der Waals surface area contributed by atoms with Crippen LogP contribution >= 0.6 is 0 Å². The Kier molecular flexibility index (Phi) is 7.24. The van der Waals surface area contributed by atoms with Gasteiger partial charge >= 0.3 is 0 Å². The zero-order chi connectivity index (χ0) is 20.7. The molecule has 1 fully saturated rings. The third kappa shape index (κ3) is 5.79. The van der Waals surface area contributed by atoms with Gasteiger partial charge in [-0.3, -0.25) is 4.79 Å². The SMILES string of the molecule is COCCS(=O)(=O)c1ccc(C(=O)NCc2ccc(N3CCOCC3)cc2)cc1. The van der Waals surface area contributed by atoms with Gasteiger partial charge in [0, 0.05) is 38.0 Å². The molecule has 1 heterocycles. The van der Waals surface area contributed by atoms with Crippen molar-refractivity contribution in [2.75, 3.05) is 50.7 Å². The molecule has 0 bridgehead atoms. The first-order valence-corrected chi connectivity index (χ1v) is 11.2. The predicted octanol–water partition coefficient (Wildman–Crippen LogP) is 1.87. The Labute approximate surface area is 171 Å². The zero-order valence-corrected chi connectivity index (χ0v) is 17.3. The van der Waals surface area contributed by atoms with Crippen LogP contribution in [0, 0.1) is 0 Å². The van der Waals surface area contributed by atoms with Gasteiger partial charge in [0.1, 0.15) is 0 Å². The number of hydrogen-bond donors (Lipinski definition) is 1. The molecule has 1 aliphatic rings. The smallest absolute Gasteiger partial charge is 0.251 e. The fraction of sp³-hybridized carbons (Fsp3) is 0.381. The van der Waals surface area contributed by atoms with E-state index in [1.807, 2.05) is 24.3 Å². The lowest BCUT2D eigenvalue weighted by atomic mass is 10.1. The molecule has 29 heavy (non-hydrogen) atoms. The zero-order valence-electron chi connectivity index (χ0n) is 16.5. The summed E-state index contributed by atoms with van der Waals surface area (Å²) in [6.45, 7) is 3.78. The number of morpholine rings is 1. The van der Waals surface area contributed by atoms with Gasteiger partial charge in [-0.15, -0.1) is 0 Å². The number of amides is 1. The van der Waals surface area contributed by atoms with E-state index in [9.17, 15) is 13.2 Å². The van der Waals surface area contributed by atoms with Gasteiger partial charge in [0.15, 0.2) is 9.84 Å². The quantitative estimate of drug-likeness (QED) is 0.705. The van der Waals surface area contributed by atoms with Crippen molar-refractivity contribution in [2.24, 2.45) is 0 Å². The molecule has 156 valence electrons. The highest BCUT2D eigenvalue weighted by atomic mass is 32.2. The summed E-state index contributed by atoms with van der Waals surface area (Å²) in [6.07, 6.45) is 0. The lowest BCUT2D eigenvalue weighted by Crippen LogP contribution is -2.36. The summed E-state index contributed by atoms with van der Waals surface area (Å²) in [5.41, 5.74) is 2.56. The standard InChI is InChI=1S/C21H26N2O5S/c1-27-14-15-29(25,26)20-8-4-18(5-9-20)21(24)22-16-17-2-6-19(7-3-17)23-10-12-28-13-11-23/h2-9H,10-16H2,1H3,(H,22,24). The molecule has 2 aromatic carbocycles. The molecule has 8 heteroatoms. The van der Waals surface area contributed by atoms with Crippen LogP contribution in [0.5, 0.6) is 0 Å². The highest BCUT2D eigenvalue weighted by Crippen LogP contribution is 2.17. The molecule has 0 atom stereocenters. The minimum absolute atomic E-state index is 0.0878. The second-order valence-corrected chi connectivity index (χ2v) is 8.89. The Morgan fingerprint density at radius 3 is 2.34 bits per heavy atom. The maximum absolute atomic E-state index is 12.4. The van der Waals surface area contributed by atoms with Crippen molar-refractivity contribution < 1.29 is 22.7 Å². The summed E-state index contributed by atoms with van der Waals surface area (Å²) in [4.78, 5) is 14.8. The lowest BCUT2D eigenvalue weighted by Gasteiger charge is -2.28. The molecule has 0 saturated carbocycles. The van der Waals surface area contributed by atoms with Crippen molar-refractivity contribution in [3.63, 3.8) is 0 Å². The van der Waals surface area contributed by atoms with Crippen molar-refractivity contribution in [2.45, 2.75) is 11.4 Å². The number of nitrogens with one attached hydrogen (secondary N) is 1. The molecule has 0 unspecified atom stereocenters. The first-order valence-electron chi connectivity index (χ1n) is 9.51. The van der Waals surface area contributed by atoms with E-state index >= 15 is 0 Å². The van der Waals surface area contributed by atoms with Gasteiger partial charge in [-0.25, -0.2) is 8.42 Å². The number of rotatable bonds is 8. The van der Waals surface area contributed by atoms with Gasteiger partial charge in [0.05, 0.1) is 30.5 Å². The molecule has 2 aromatic rings. The summed E-state index contributed by atoms with van der Waals surface area (Å²) in [6, 6.07) is 14.0. The fourth-order valence-corrected chi connectivity index (χ4v) is 4.23. The van der Waals surface area contributed by atoms with E-state index in [0.717, 1.165) is 37.6 Å². The van der Waals surface area contributed by atoms with Crippen LogP contribution < -0.4 is 10.2 Å². The van der Waals surface area contributed by atoms with Crippen LogP contribution in [0.4, 0.5) is 5.69 Å². The molecule has 0 radical (unpaired) electrons. The van der Waals surface area contributed by atoms with Gasteiger partial charge in [0.2, 0.25) is 0 Å². The molecule has 1 aliphatic heterocycles. The summed E-state index contributed by atoms with van der Waals surface area (Å²) in [5, 5.41) is 2.86. The average Bonchev–Trinajstić information content (AvgIpc) is 2.77. The van der Waals surface area contributed by atoms with E-state index in [0.29, 0.717) is 12.1 Å². The van der Waals surface area contributed by atoms with Crippen molar-refractivity contribution in [3.8, 4) is 0 Å². The first-order chi connectivity index (χ1) is 14.0. The minimum Gasteiger partial charge on any atom is -0.384 e. The number of carbonyl (C=O) groups excluding carboxylic acids is 1. The number of methoxy groups -OCH3 is 1. The van der Waals surface area contributed by atoms with Gasteiger partial charge in [-0.05, 0) is 42.0 Å². The predicted molar refractivity (Wildman–Crippen MR) is 111 cm³/mol. The third-order valence-corrected chi connectivity index (χ3v) is 6.49. The Balaban J connectivity index is 1.55. The van der Waals surface area contributed by atoms with Crippen LogP contribution in [0.2, 0.25) is 0 Å². The Morgan fingerprint density at radius 2 is 1.72 bits per heavy atom. The van der Waals surface area contributed by atoms with Gasteiger partial charge in [-0.1, -0.05) is 12.1 Å². The number of carbonyl (C=O) groups is 1. The molecule has 3 rings (SSSR count). The number of nitrogens with zero attached hydrogens (tertiary/aromatic N) is 1. The minimum atomic E-state index is -3.40. The molecular formula is C21H26N2O5S. The topological polar surface area (TPSA) is 84.9 Å². The second kappa shape index (κ2) is 9.87. The maximum atomic E-state index is 12.4. The summed E-state index contributed by atoms with van der Waals surface area (Å²) < 4.78 is 34.5. The van der Waals surface area contributed by atoms with E-state index < -0.39 is 9.84 Å². The lowest BCUT2D eigenvalue weighted by molar-refractivity contribution is 0.0950. The van der Waals surface area contributed by atoms with Gasteiger partial charge in [-0.2, -0.15) is 0 Å². The van der Waals surface area contributed by atoms with Crippen LogP contribution in [-0.2, 0) is 25.9 Å². The number of ether oxygens (including phenoxy) is 2. The van der Waals surface area contributed by atoms with Crippen molar-refractivity contribution in [3.05, 3.63) is 59.7 Å². The summed E-state index contributed by atoms with van der Waals surface area (Å²) in [7, 11) is -1.94. The van der Waals surface area contributed by atoms with Crippen molar-refractivity contribution >= 4 is 21.4 Å². The summed E-state index contributed by atoms with van der Waals surface area (Å²) in [5.74, 6) is -0.335. The van der Waals surface area contributed by atoms with Gasteiger partial charge < -0.3 is 19.7 Å². The average molecular weight is 419 g/mol. The Morgan fingerprint density at radius 1 is 1.07 bits per heavy atom. The third-order valence-electron chi connectivity index (χ3n) is 4.80. The monoisotopic (exact) mass is 418 g/mol. The molecule has 0 aromatic heterocycles. The summed E-state index contributed by atoms with van der Waals surface area (Å²) >= 11 is 0. The molecule has 1 amide bonds. The molecule has 1 N–H and O–H groups in total. The molecule has 1 saturated heterocycles. The van der Waals surface area contributed by atoms with Crippen molar-refractivity contribution in [1.29, 1.82) is 0 Å². The molecule has 0 aliphatic carbocycles. The molecule has 7 nitrogen and oxygen atoms in total. The maximum Gasteiger partial charge on any atom is 0.251 e. The van der Waals surface area contributed by atoms with Gasteiger partial charge in [0.25, 0.3) is 5.91 Å². The Hall–Kier alpha value is -2.42. The van der Waals surface area contributed by atoms with Crippen LogP contribution in [0.15, 0.2) is 53.4 Å². The Bertz CT molecular complexity index is 905. The van der Waals surface area contributed by atoms with E-state index in [4.69, 9.17) is 9.47 Å². The van der Waals surface area contributed by atoms with E-state index in [-0.39, 0.29) is 23.2 Å². The van der Waals surface area contributed by atoms with Crippen LogP contribution in [-0.4, -0.2) is 60.1 Å². The van der Waals surface area contributed by atoms with Crippen LogP contribution in [0.3, 0.4) is 0 Å². The fourth-order valence-electron chi connectivity index (χ4n) is 3.06. The van der Waals surface area contributed by atoms with E-state index in [1.54, 1.807) is 0 Å². The first kappa shape index (κ1) is 21.3. The number of benzene rings is 2.